The van der Waals surface area contributed by atoms with E-state index in [4.69, 9.17) is 9.15 Å². The van der Waals surface area contributed by atoms with E-state index in [0.717, 1.165) is 28.3 Å². The highest BCUT2D eigenvalue weighted by atomic mass is 16.5. The van der Waals surface area contributed by atoms with Crippen molar-refractivity contribution in [2.75, 3.05) is 0 Å². The molecule has 0 aliphatic rings. The average molecular weight is 385 g/mol. The maximum atomic E-state index is 6.02. The lowest BCUT2D eigenvalue weighted by molar-refractivity contribution is 0.299. The quantitative estimate of drug-likeness (QED) is 0.472. The van der Waals surface area contributed by atoms with Crippen molar-refractivity contribution >= 4 is 12.2 Å². The zero-order chi connectivity index (χ0) is 19.9. The Bertz CT molecular complexity index is 1120. The summed E-state index contributed by atoms with van der Waals surface area (Å²) in [5.41, 5.74) is 2.68. The number of aromatic nitrogens is 5. The van der Waals surface area contributed by atoms with Gasteiger partial charge < -0.3 is 9.15 Å². The second-order valence-corrected chi connectivity index (χ2v) is 6.22. The van der Waals surface area contributed by atoms with Gasteiger partial charge in [-0.2, -0.15) is 0 Å². The number of H-pyrrole nitrogens is 1. The molecule has 2 heterocycles. The number of rotatable bonds is 7. The van der Waals surface area contributed by atoms with E-state index in [1.54, 1.807) is 6.08 Å². The lowest BCUT2D eigenvalue weighted by Gasteiger charge is -2.07. The fraction of sp³-hybridized carbons (Fsp3) is 0.0909. The van der Waals surface area contributed by atoms with Crippen LogP contribution < -0.4 is 4.74 Å². The molecular formula is C22H19N5O2. The Hall–Kier alpha value is -4.00. The van der Waals surface area contributed by atoms with Gasteiger partial charge in [-0.3, -0.25) is 0 Å². The van der Waals surface area contributed by atoms with Crippen LogP contribution in [0, 0.1) is 6.92 Å². The van der Waals surface area contributed by atoms with Gasteiger partial charge in [0.25, 0.3) is 0 Å². The maximum absolute atomic E-state index is 6.02. The molecular weight excluding hydrogens is 366 g/mol. The summed E-state index contributed by atoms with van der Waals surface area (Å²) in [5.74, 6) is 2.71. The van der Waals surface area contributed by atoms with Crippen LogP contribution in [0.4, 0.5) is 0 Å². The minimum Gasteiger partial charge on any atom is -0.487 e. The Kier molecular flexibility index (Phi) is 5.57. The number of tetrazole rings is 1. The van der Waals surface area contributed by atoms with Gasteiger partial charge in [0, 0.05) is 11.1 Å². The summed E-state index contributed by atoms with van der Waals surface area (Å²) >= 11 is 0. The second-order valence-electron chi connectivity index (χ2n) is 6.22. The van der Waals surface area contributed by atoms with Gasteiger partial charge in [-0.1, -0.05) is 54.6 Å². The van der Waals surface area contributed by atoms with Crippen LogP contribution in [-0.4, -0.2) is 25.6 Å². The Balaban J connectivity index is 1.45. The number of hydrogen-bond acceptors (Lipinski definition) is 6. The third kappa shape index (κ3) is 4.65. The van der Waals surface area contributed by atoms with Crippen LogP contribution >= 0.6 is 0 Å². The van der Waals surface area contributed by atoms with E-state index in [0.29, 0.717) is 18.3 Å². The van der Waals surface area contributed by atoms with E-state index in [1.165, 1.54) is 0 Å². The fourth-order valence-corrected chi connectivity index (χ4v) is 2.70. The molecule has 7 nitrogen and oxygen atoms in total. The molecule has 0 unspecified atom stereocenters. The topological polar surface area (TPSA) is 89.7 Å². The minimum absolute atomic E-state index is 0.326. The van der Waals surface area contributed by atoms with Crippen LogP contribution in [0.5, 0.6) is 5.75 Å². The largest absolute Gasteiger partial charge is 0.487 e. The molecule has 0 saturated heterocycles. The number of nitrogens with one attached hydrogen (secondary N) is 1. The van der Waals surface area contributed by atoms with Crippen molar-refractivity contribution < 1.29 is 9.15 Å². The zero-order valence-electron chi connectivity index (χ0n) is 15.8. The first-order valence-corrected chi connectivity index (χ1v) is 9.11. The molecule has 2 aromatic heterocycles. The number of allylic oxidation sites excluding steroid dienone is 2. The Morgan fingerprint density at radius 3 is 2.62 bits per heavy atom. The van der Waals surface area contributed by atoms with Crippen LogP contribution in [0.2, 0.25) is 0 Å². The van der Waals surface area contributed by atoms with Gasteiger partial charge in [0.15, 0.2) is 5.82 Å². The van der Waals surface area contributed by atoms with Gasteiger partial charge >= 0.3 is 0 Å². The van der Waals surface area contributed by atoms with Crippen molar-refractivity contribution in [3.63, 3.8) is 0 Å². The van der Waals surface area contributed by atoms with Crippen molar-refractivity contribution in [3.05, 3.63) is 89.6 Å². The molecule has 0 bridgehead atoms. The third-order valence-electron chi connectivity index (χ3n) is 4.20. The number of aromatic amines is 1. The second kappa shape index (κ2) is 8.79. The Morgan fingerprint density at radius 2 is 1.79 bits per heavy atom. The van der Waals surface area contributed by atoms with E-state index in [1.807, 2.05) is 79.7 Å². The molecule has 0 aliphatic heterocycles. The highest BCUT2D eigenvalue weighted by Gasteiger charge is 2.12. The van der Waals surface area contributed by atoms with Crippen LogP contribution in [0.25, 0.3) is 23.6 Å². The van der Waals surface area contributed by atoms with Crippen molar-refractivity contribution in [2.24, 2.45) is 0 Å². The first-order valence-electron chi connectivity index (χ1n) is 9.11. The van der Waals surface area contributed by atoms with Crippen LogP contribution in [0.15, 0.2) is 71.2 Å². The van der Waals surface area contributed by atoms with E-state index in [-0.39, 0.29) is 0 Å². The summed E-state index contributed by atoms with van der Waals surface area (Å²) in [7, 11) is 0. The monoisotopic (exact) mass is 385 g/mol. The lowest BCUT2D eigenvalue weighted by atomic mass is 10.2. The molecule has 4 aromatic rings. The van der Waals surface area contributed by atoms with Crippen molar-refractivity contribution in [2.45, 2.75) is 13.5 Å². The molecule has 1 N–H and O–H groups in total. The normalized spacial score (nSPS) is 11.5. The van der Waals surface area contributed by atoms with Gasteiger partial charge in [0.2, 0.25) is 5.89 Å². The minimum atomic E-state index is 0.326. The standard InChI is InChI=1S/C22H19N5O2/c1-16-19(23-22(29-16)18-11-3-2-4-12-18)15-28-20-13-7-5-9-17(20)10-6-8-14-21-24-26-27-25-21/h2-14H,15H2,1H3,(H,24,25,26,27)/b10-6+,14-8-. The molecule has 0 fully saturated rings. The van der Waals surface area contributed by atoms with Gasteiger partial charge in [0.1, 0.15) is 23.8 Å². The van der Waals surface area contributed by atoms with Crippen molar-refractivity contribution in [1.82, 2.24) is 25.6 Å². The number of hydrogen-bond donors (Lipinski definition) is 1. The molecule has 0 saturated carbocycles. The molecule has 0 aliphatic carbocycles. The third-order valence-corrected chi connectivity index (χ3v) is 4.20. The number of para-hydroxylation sites is 1. The number of aryl methyl sites for hydroxylation is 1. The van der Waals surface area contributed by atoms with E-state index in [2.05, 4.69) is 25.6 Å². The van der Waals surface area contributed by atoms with Gasteiger partial charge in [0.05, 0.1) is 0 Å². The Morgan fingerprint density at radius 1 is 1.00 bits per heavy atom. The molecule has 2 aromatic carbocycles. The molecule has 0 spiro atoms. The first kappa shape index (κ1) is 18.4. The fourth-order valence-electron chi connectivity index (χ4n) is 2.70. The summed E-state index contributed by atoms with van der Waals surface area (Å²) < 4.78 is 11.8. The molecule has 29 heavy (non-hydrogen) atoms. The summed E-state index contributed by atoms with van der Waals surface area (Å²) in [4.78, 5) is 4.59. The Labute approximate surface area is 167 Å². The molecule has 0 radical (unpaired) electrons. The van der Waals surface area contributed by atoms with E-state index >= 15 is 0 Å². The first-order chi connectivity index (χ1) is 14.3. The predicted octanol–water partition coefficient (Wildman–Crippen LogP) is 4.47. The smallest absolute Gasteiger partial charge is 0.226 e. The lowest BCUT2D eigenvalue weighted by Crippen LogP contribution is -1.99. The average Bonchev–Trinajstić information content (AvgIpc) is 3.41. The maximum Gasteiger partial charge on any atom is 0.226 e. The summed E-state index contributed by atoms with van der Waals surface area (Å²) in [6, 6.07) is 17.6. The highest BCUT2D eigenvalue weighted by molar-refractivity contribution is 5.60. The van der Waals surface area contributed by atoms with Crippen LogP contribution in [0.3, 0.4) is 0 Å². The van der Waals surface area contributed by atoms with Crippen molar-refractivity contribution in [1.29, 1.82) is 0 Å². The van der Waals surface area contributed by atoms with E-state index in [9.17, 15) is 0 Å². The summed E-state index contributed by atoms with van der Waals surface area (Å²) in [5, 5.41) is 13.5. The van der Waals surface area contributed by atoms with Gasteiger partial charge in [-0.05, 0) is 41.6 Å². The predicted molar refractivity (Wildman–Crippen MR) is 110 cm³/mol. The van der Waals surface area contributed by atoms with Crippen molar-refractivity contribution in [3.8, 4) is 17.2 Å². The van der Waals surface area contributed by atoms with Gasteiger partial charge in [-0.15, -0.1) is 5.10 Å². The molecule has 144 valence electrons. The van der Waals surface area contributed by atoms with Crippen LogP contribution in [0.1, 0.15) is 22.8 Å². The molecule has 4 rings (SSSR count). The number of benzene rings is 2. The van der Waals surface area contributed by atoms with E-state index < -0.39 is 0 Å². The number of oxazole rings is 1. The number of nitrogens with zero attached hydrogens (tertiary/aromatic N) is 4. The van der Waals surface area contributed by atoms with Gasteiger partial charge in [-0.25, -0.2) is 10.1 Å². The number of ether oxygens (including phenoxy) is 1. The summed E-state index contributed by atoms with van der Waals surface area (Å²) in [6.07, 6.45) is 7.50. The highest BCUT2D eigenvalue weighted by Crippen LogP contribution is 2.24. The zero-order valence-corrected chi connectivity index (χ0v) is 15.8. The van der Waals surface area contributed by atoms with Crippen LogP contribution in [-0.2, 0) is 6.61 Å². The summed E-state index contributed by atoms with van der Waals surface area (Å²) in [6.45, 7) is 2.22. The molecule has 0 atom stereocenters. The molecule has 0 amide bonds. The SMILES string of the molecule is Cc1oc(-c2ccccc2)nc1COc1ccccc1/C=C/C=C\c1nnn[nH]1. The molecule has 7 heteroatoms.